The van der Waals surface area contributed by atoms with Crippen LogP contribution in [-0.2, 0) is 0 Å². The van der Waals surface area contributed by atoms with Gasteiger partial charge in [-0.15, -0.1) is 0 Å². The first-order chi connectivity index (χ1) is 9.08. The quantitative estimate of drug-likeness (QED) is 0.820. The lowest BCUT2D eigenvalue weighted by atomic mass is 9.92. The van der Waals surface area contributed by atoms with E-state index in [1.165, 1.54) is 0 Å². The lowest BCUT2D eigenvalue weighted by molar-refractivity contribution is 0.349. The first kappa shape index (κ1) is 16.1. The van der Waals surface area contributed by atoms with E-state index in [1.807, 2.05) is 12.1 Å². The van der Waals surface area contributed by atoms with Gasteiger partial charge >= 0.3 is 0 Å². The average molecular weight is 286 g/mol. The standard InChI is InChI=1S/C15H24ClNO2/c1-6-10(3)14(17-7-2)11-8-12(16)15(19-5)13(9-11)18-4/h8-10,14,17H,6-7H2,1-5H3. The number of ether oxygens (including phenoxy) is 2. The minimum Gasteiger partial charge on any atom is -0.493 e. The zero-order valence-electron chi connectivity index (χ0n) is 12.4. The first-order valence-corrected chi connectivity index (χ1v) is 7.11. The van der Waals surface area contributed by atoms with E-state index in [4.69, 9.17) is 21.1 Å². The Morgan fingerprint density at radius 2 is 1.89 bits per heavy atom. The summed E-state index contributed by atoms with van der Waals surface area (Å²) in [7, 11) is 3.23. The van der Waals surface area contributed by atoms with E-state index < -0.39 is 0 Å². The fraction of sp³-hybridized carbons (Fsp3) is 0.600. The van der Waals surface area contributed by atoms with Crippen molar-refractivity contribution in [2.75, 3.05) is 20.8 Å². The molecular formula is C15H24ClNO2. The van der Waals surface area contributed by atoms with Crippen LogP contribution in [0.15, 0.2) is 12.1 Å². The van der Waals surface area contributed by atoms with Gasteiger partial charge in [-0.3, -0.25) is 0 Å². The Labute approximate surface area is 121 Å². The third kappa shape index (κ3) is 3.77. The molecule has 0 heterocycles. The van der Waals surface area contributed by atoms with E-state index in [1.54, 1.807) is 14.2 Å². The van der Waals surface area contributed by atoms with Crippen LogP contribution in [0, 0.1) is 5.92 Å². The smallest absolute Gasteiger partial charge is 0.179 e. The number of halogens is 1. The zero-order valence-corrected chi connectivity index (χ0v) is 13.2. The molecule has 0 aliphatic heterocycles. The van der Waals surface area contributed by atoms with Gasteiger partial charge in [0.05, 0.1) is 19.2 Å². The minimum absolute atomic E-state index is 0.271. The Morgan fingerprint density at radius 1 is 1.21 bits per heavy atom. The number of benzene rings is 1. The van der Waals surface area contributed by atoms with Gasteiger partial charge in [-0.25, -0.2) is 0 Å². The lowest BCUT2D eigenvalue weighted by Crippen LogP contribution is -2.26. The molecule has 0 saturated heterocycles. The molecule has 4 heteroatoms. The van der Waals surface area contributed by atoms with Crippen molar-refractivity contribution in [3.8, 4) is 11.5 Å². The van der Waals surface area contributed by atoms with Crippen molar-refractivity contribution >= 4 is 11.6 Å². The summed E-state index contributed by atoms with van der Waals surface area (Å²) in [6.07, 6.45) is 1.10. The van der Waals surface area contributed by atoms with E-state index >= 15 is 0 Å². The second-order valence-electron chi connectivity index (χ2n) is 4.66. The van der Waals surface area contributed by atoms with E-state index in [9.17, 15) is 0 Å². The van der Waals surface area contributed by atoms with Gasteiger partial charge in [0.15, 0.2) is 11.5 Å². The van der Waals surface area contributed by atoms with Gasteiger partial charge in [0.1, 0.15) is 0 Å². The Balaban J connectivity index is 3.20. The summed E-state index contributed by atoms with van der Waals surface area (Å²) in [5, 5.41) is 4.10. The zero-order chi connectivity index (χ0) is 14.4. The second-order valence-corrected chi connectivity index (χ2v) is 5.07. The van der Waals surface area contributed by atoms with Gasteiger partial charge in [0.25, 0.3) is 0 Å². The maximum atomic E-state index is 6.27. The number of nitrogens with one attached hydrogen (secondary N) is 1. The molecule has 0 radical (unpaired) electrons. The van der Waals surface area contributed by atoms with Crippen molar-refractivity contribution in [2.45, 2.75) is 33.2 Å². The van der Waals surface area contributed by atoms with Crippen LogP contribution >= 0.6 is 11.6 Å². The molecule has 0 saturated carbocycles. The van der Waals surface area contributed by atoms with Gasteiger partial charge in [-0.05, 0) is 30.2 Å². The summed E-state index contributed by atoms with van der Waals surface area (Å²) in [6.45, 7) is 7.45. The Hall–Kier alpha value is -0.930. The summed E-state index contributed by atoms with van der Waals surface area (Å²) in [5.41, 5.74) is 1.14. The first-order valence-electron chi connectivity index (χ1n) is 6.73. The molecule has 0 aliphatic carbocycles. The second kappa shape index (κ2) is 7.61. The van der Waals surface area contributed by atoms with Crippen molar-refractivity contribution in [2.24, 2.45) is 5.92 Å². The monoisotopic (exact) mass is 285 g/mol. The number of rotatable bonds is 7. The molecule has 0 fully saturated rings. The summed E-state index contributed by atoms with van der Waals surface area (Å²) in [5.74, 6) is 1.79. The molecule has 1 rings (SSSR count). The average Bonchev–Trinajstić information content (AvgIpc) is 2.42. The molecule has 0 amide bonds. The molecule has 1 N–H and O–H groups in total. The topological polar surface area (TPSA) is 30.5 Å². The van der Waals surface area contributed by atoms with Gasteiger partial charge < -0.3 is 14.8 Å². The molecule has 19 heavy (non-hydrogen) atoms. The van der Waals surface area contributed by atoms with E-state index in [-0.39, 0.29) is 6.04 Å². The van der Waals surface area contributed by atoms with Crippen LogP contribution < -0.4 is 14.8 Å². The third-order valence-electron chi connectivity index (χ3n) is 3.45. The maximum Gasteiger partial charge on any atom is 0.179 e. The summed E-state index contributed by atoms with van der Waals surface area (Å²) in [4.78, 5) is 0. The van der Waals surface area contributed by atoms with Crippen molar-refractivity contribution in [3.05, 3.63) is 22.7 Å². The highest BCUT2D eigenvalue weighted by atomic mass is 35.5. The fourth-order valence-electron chi connectivity index (χ4n) is 2.22. The van der Waals surface area contributed by atoms with Crippen LogP contribution in [0.4, 0.5) is 0 Å². The molecule has 2 atom stereocenters. The summed E-state index contributed by atoms with van der Waals surface area (Å²) >= 11 is 6.27. The predicted molar refractivity (Wildman–Crippen MR) is 80.4 cm³/mol. The van der Waals surface area contributed by atoms with Crippen LogP contribution in [0.2, 0.25) is 5.02 Å². The Bertz CT molecular complexity index is 409. The highest BCUT2D eigenvalue weighted by Crippen LogP contribution is 2.39. The van der Waals surface area contributed by atoms with E-state index in [0.29, 0.717) is 22.4 Å². The highest BCUT2D eigenvalue weighted by Gasteiger charge is 2.20. The Morgan fingerprint density at radius 3 is 2.37 bits per heavy atom. The molecule has 108 valence electrons. The van der Waals surface area contributed by atoms with Crippen molar-refractivity contribution in [1.29, 1.82) is 0 Å². The Kier molecular flexibility index (Phi) is 6.46. The van der Waals surface area contributed by atoms with E-state index in [2.05, 4.69) is 26.1 Å². The predicted octanol–water partition coefficient (Wildman–Crippen LogP) is 4.05. The molecule has 2 unspecified atom stereocenters. The minimum atomic E-state index is 0.271. The molecule has 1 aromatic rings. The number of methoxy groups -OCH3 is 2. The molecule has 0 bridgehead atoms. The van der Waals surface area contributed by atoms with Gasteiger partial charge in [0, 0.05) is 6.04 Å². The van der Waals surface area contributed by atoms with Crippen LogP contribution in [0.25, 0.3) is 0 Å². The van der Waals surface area contributed by atoms with E-state index in [0.717, 1.165) is 18.5 Å². The normalized spacial score (nSPS) is 14.0. The lowest BCUT2D eigenvalue weighted by Gasteiger charge is -2.25. The number of hydrogen-bond donors (Lipinski definition) is 1. The molecule has 3 nitrogen and oxygen atoms in total. The van der Waals surface area contributed by atoms with Gasteiger partial charge in [0.2, 0.25) is 0 Å². The largest absolute Gasteiger partial charge is 0.493 e. The molecule has 0 spiro atoms. The fourth-order valence-corrected chi connectivity index (χ4v) is 2.52. The van der Waals surface area contributed by atoms with Crippen LogP contribution in [0.3, 0.4) is 0 Å². The van der Waals surface area contributed by atoms with Gasteiger partial charge in [-0.1, -0.05) is 38.8 Å². The molecular weight excluding hydrogens is 262 g/mol. The van der Waals surface area contributed by atoms with Crippen LogP contribution in [0.5, 0.6) is 11.5 Å². The van der Waals surface area contributed by atoms with Crippen molar-refractivity contribution in [3.63, 3.8) is 0 Å². The number of hydrogen-bond acceptors (Lipinski definition) is 3. The third-order valence-corrected chi connectivity index (χ3v) is 3.73. The van der Waals surface area contributed by atoms with Gasteiger partial charge in [-0.2, -0.15) is 0 Å². The van der Waals surface area contributed by atoms with Crippen molar-refractivity contribution < 1.29 is 9.47 Å². The summed E-state index contributed by atoms with van der Waals surface area (Å²) in [6, 6.07) is 4.24. The molecule has 1 aromatic carbocycles. The highest BCUT2D eigenvalue weighted by molar-refractivity contribution is 6.32. The van der Waals surface area contributed by atoms with Crippen LogP contribution in [-0.4, -0.2) is 20.8 Å². The summed E-state index contributed by atoms with van der Waals surface area (Å²) < 4.78 is 10.6. The SMILES string of the molecule is CCNC(c1cc(Cl)c(OC)c(OC)c1)C(C)CC. The molecule has 0 aliphatic rings. The van der Waals surface area contributed by atoms with Crippen LogP contribution in [0.1, 0.15) is 38.8 Å². The van der Waals surface area contributed by atoms with Crippen molar-refractivity contribution in [1.82, 2.24) is 5.32 Å². The maximum absolute atomic E-state index is 6.27. The molecule has 0 aromatic heterocycles.